The second-order valence-corrected chi connectivity index (χ2v) is 10.6. The molecule has 1 unspecified atom stereocenters. The van der Waals surface area contributed by atoms with Crippen molar-refractivity contribution >= 4 is 5.82 Å². The van der Waals surface area contributed by atoms with Gasteiger partial charge in [0.1, 0.15) is 23.3 Å². The van der Waals surface area contributed by atoms with Gasteiger partial charge in [0.2, 0.25) is 0 Å². The lowest BCUT2D eigenvalue weighted by Crippen LogP contribution is -2.54. The largest absolute Gasteiger partial charge is 0.485 e. The molecule has 37 heavy (non-hydrogen) atoms. The molecule has 2 aromatic rings. The van der Waals surface area contributed by atoms with Crippen molar-refractivity contribution < 1.29 is 23.0 Å². The highest BCUT2D eigenvalue weighted by Gasteiger charge is 2.35. The number of anilines is 1. The van der Waals surface area contributed by atoms with Crippen LogP contribution < -0.4 is 20.9 Å². The number of halogens is 3. The zero-order valence-electron chi connectivity index (χ0n) is 22.2. The molecule has 0 saturated carbocycles. The van der Waals surface area contributed by atoms with E-state index in [-0.39, 0.29) is 35.6 Å². The number of hydrogen-bond donors (Lipinski definition) is 1. The number of alkyl halides is 3. The molecule has 206 valence electrons. The third kappa shape index (κ3) is 6.56. The normalized spacial score (nSPS) is 16.5. The van der Waals surface area contributed by atoms with Crippen LogP contribution in [0.2, 0.25) is 0 Å². The van der Waals surface area contributed by atoms with E-state index in [1.807, 2.05) is 23.6 Å². The van der Waals surface area contributed by atoms with Gasteiger partial charge in [-0.2, -0.15) is 13.2 Å². The standard InChI is InChI=1S/C26H37F3N4O4/c1-17(2)32-22(15-23(35)33(18(3)4)24(32)36)31-12-10-30(11-13-31)16-21(34)25(5,6)37-20-9-7-8-19(14-20)26(27,28)29/h7-9,14-15,17-18,21,34H,10-13,16H2,1-6H3. The SMILES string of the molecule is CC(C)n1c(N2CCN(CC(O)C(C)(C)Oc3cccc(C(F)(F)F)c3)CC2)cc(=O)n(C(C)C)c1=O. The van der Waals surface area contributed by atoms with Gasteiger partial charge in [0.25, 0.3) is 5.56 Å². The summed E-state index contributed by atoms with van der Waals surface area (Å²) in [7, 11) is 0. The molecule has 2 heterocycles. The molecule has 1 N–H and O–H groups in total. The van der Waals surface area contributed by atoms with Gasteiger partial charge in [0.05, 0.1) is 5.56 Å². The first-order valence-electron chi connectivity index (χ1n) is 12.5. The van der Waals surface area contributed by atoms with Gasteiger partial charge in [-0.05, 0) is 59.7 Å². The average molecular weight is 527 g/mol. The van der Waals surface area contributed by atoms with E-state index in [9.17, 15) is 27.9 Å². The maximum absolute atomic E-state index is 13.1. The molecule has 1 atom stereocenters. The summed E-state index contributed by atoms with van der Waals surface area (Å²) in [6.07, 6.45) is -5.46. The molecule has 1 aliphatic heterocycles. The van der Waals surface area contributed by atoms with Crippen molar-refractivity contribution in [3.8, 4) is 5.75 Å². The molecule has 1 aromatic heterocycles. The first kappa shape index (κ1) is 28.8. The van der Waals surface area contributed by atoms with Crippen molar-refractivity contribution in [2.24, 2.45) is 0 Å². The van der Waals surface area contributed by atoms with Gasteiger partial charge in [0, 0.05) is 50.9 Å². The smallest absolute Gasteiger partial charge is 0.416 e. The zero-order chi connectivity index (χ0) is 27.7. The van der Waals surface area contributed by atoms with Gasteiger partial charge in [-0.25, -0.2) is 4.79 Å². The highest BCUT2D eigenvalue weighted by molar-refractivity contribution is 5.40. The van der Waals surface area contributed by atoms with Crippen LogP contribution >= 0.6 is 0 Å². The van der Waals surface area contributed by atoms with Gasteiger partial charge >= 0.3 is 11.9 Å². The summed E-state index contributed by atoms with van der Waals surface area (Å²) in [5, 5.41) is 10.9. The Labute approximate surface area is 214 Å². The van der Waals surface area contributed by atoms with Crippen LogP contribution in [0.4, 0.5) is 19.0 Å². The van der Waals surface area contributed by atoms with Crippen molar-refractivity contribution in [1.82, 2.24) is 14.0 Å². The molecule has 1 aliphatic rings. The van der Waals surface area contributed by atoms with Crippen molar-refractivity contribution in [2.45, 2.75) is 71.5 Å². The monoisotopic (exact) mass is 526 g/mol. The van der Waals surface area contributed by atoms with Gasteiger partial charge in [-0.1, -0.05) is 6.07 Å². The number of aromatic nitrogens is 2. The lowest BCUT2D eigenvalue weighted by atomic mass is 10.0. The number of β-amino-alcohol motifs (C(OH)–C–C–N with tert-alkyl or cyclic N) is 1. The second kappa shape index (κ2) is 10.9. The topological polar surface area (TPSA) is 79.9 Å². The molecule has 0 spiro atoms. The van der Waals surface area contributed by atoms with Crippen molar-refractivity contribution in [2.75, 3.05) is 37.6 Å². The lowest BCUT2D eigenvalue weighted by molar-refractivity contribution is -0.137. The van der Waals surface area contributed by atoms with Gasteiger partial charge in [-0.3, -0.25) is 18.8 Å². The minimum Gasteiger partial charge on any atom is -0.485 e. The van der Waals surface area contributed by atoms with E-state index in [2.05, 4.69) is 0 Å². The third-order valence-corrected chi connectivity index (χ3v) is 6.65. The number of benzene rings is 1. The average Bonchev–Trinajstić information content (AvgIpc) is 2.78. The molecule has 8 nitrogen and oxygen atoms in total. The van der Waals surface area contributed by atoms with E-state index in [1.54, 1.807) is 32.3 Å². The Kier molecular flexibility index (Phi) is 8.48. The van der Waals surface area contributed by atoms with Crippen LogP contribution in [0.3, 0.4) is 0 Å². The van der Waals surface area contributed by atoms with E-state index in [0.717, 1.165) is 12.1 Å². The lowest BCUT2D eigenvalue weighted by Gasteiger charge is -2.40. The van der Waals surface area contributed by atoms with Gasteiger partial charge in [0.15, 0.2) is 0 Å². The molecule has 0 bridgehead atoms. The van der Waals surface area contributed by atoms with Gasteiger partial charge in [-0.15, -0.1) is 0 Å². The summed E-state index contributed by atoms with van der Waals surface area (Å²) in [6, 6.07) is 5.73. The van der Waals surface area contributed by atoms with Crippen molar-refractivity contribution in [3.63, 3.8) is 0 Å². The molecule has 1 saturated heterocycles. The number of ether oxygens (including phenoxy) is 1. The predicted octanol–water partition coefficient (Wildman–Crippen LogP) is 3.53. The maximum Gasteiger partial charge on any atom is 0.416 e. The van der Waals surface area contributed by atoms with E-state index >= 15 is 0 Å². The number of hydrogen-bond acceptors (Lipinski definition) is 6. The number of aliphatic hydroxyl groups is 1. The fourth-order valence-corrected chi connectivity index (χ4v) is 4.49. The Morgan fingerprint density at radius 1 is 0.946 bits per heavy atom. The molecule has 1 aromatic carbocycles. The van der Waals surface area contributed by atoms with Gasteiger partial charge < -0.3 is 14.7 Å². The minimum atomic E-state index is -4.48. The first-order valence-corrected chi connectivity index (χ1v) is 12.5. The third-order valence-electron chi connectivity index (χ3n) is 6.65. The molecule has 1 fully saturated rings. The van der Waals surface area contributed by atoms with Crippen molar-refractivity contribution in [1.29, 1.82) is 0 Å². The molecule has 11 heteroatoms. The Morgan fingerprint density at radius 2 is 1.54 bits per heavy atom. The molecule has 0 radical (unpaired) electrons. The second-order valence-electron chi connectivity index (χ2n) is 10.6. The van der Waals surface area contributed by atoms with E-state index in [4.69, 9.17) is 4.74 Å². The summed E-state index contributed by atoms with van der Waals surface area (Å²) in [5.74, 6) is 0.613. The minimum absolute atomic E-state index is 0.0338. The molecule has 0 amide bonds. The molecular formula is C26H37F3N4O4. The Morgan fingerprint density at radius 3 is 2.08 bits per heavy atom. The van der Waals surface area contributed by atoms with Crippen LogP contribution in [0, 0.1) is 0 Å². The Hall–Kier alpha value is -2.79. The highest BCUT2D eigenvalue weighted by atomic mass is 19.4. The van der Waals surface area contributed by atoms with E-state index in [1.165, 1.54) is 22.8 Å². The first-order chi connectivity index (χ1) is 17.1. The van der Waals surface area contributed by atoms with Crippen LogP contribution in [0.1, 0.15) is 59.2 Å². The van der Waals surface area contributed by atoms with E-state index in [0.29, 0.717) is 32.0 Å². The zero-order valence-corrected chi connectivity index (χ0v) is 22.2. The van der Waals surface area contributed by atoms with Crippen LogP contribution in [-0.2, 0) is 6.18 Å². The molecule has 3 rings (SSSR count). The van der Waals surface area contributed by atoms with Crippen LogP contribution in [0.25, 0.3) is 0 Å². The van der Waals surface area contributed by atoms with Crippen LogP contribution in [-0.4, -0.2) is 63.6 Å². The predicted molar refractivity (Wildman–Crippen MR) is 137 cm³/mol. The summed E-state index contributed by atoms with van der Waals surface area (Å²) in [6.45, 7) is 13.2. The fourth-order valence-electron chi connectivity index (χ4n) is 4.49. The van der Waals surface area contributed by atoms with Crippen LogP contribution in [0.5, 0.6) is 5.75 Å². The molecule has 0 aliphatic carbocycles. The Balaban J connectivity index is 1.68. The summed E-state index contributed by atoms with van der Waals surface area (Å²) in [5.41, 5.74) is -2.62. The Bertz CT molecular complexity index is 1200. The van der Waals surface area contributed by atoms with Crippen molar-refractivity contribution in [3.05, 3.63) is 56.7 Å². The molecular weight excluding hydrogens is 489 g/mol. The number of nitrogens with zero attached hydrogens (tertiary/aromatic N) is 4. The quantitative estimate of drug-likeness (QED) is 0.567. The number of aliphatic hydroxyl groups excluding tert-OH is 1. The van der Waals surface area contributed by atoms with Crippen LogP contribution in [0.15, 0.2) is 39.9 Å². The fraction of sp³-hybridized carbons (Fsp3) is 0.615. The highest BCUT2D eigenvalue weighted by Crippen LogP contribution is 2.32. The maximum atomic E-state index is 13.1. The summed E-state index contributed by atoms with van der Waals surface area (Å²) in [4.78, 5) is 29.8. The number of rotatable bonds is 8. The number of piperazine rings is 1. The summed E-state index contributed by atoms with van der Waals surface area (Å²) >= 11 is 0. The van der Waals surface area contributed by atoms with E-state index < -0.39 is 23.4 Å². The summed E-state index contributed by atoms with van der Waals surface area (Å²) < 4.78 is 47.8.